The van der Waals surface area contributed by atoms with Crippen LogP contribution in [-0.4, -0.2) is 21.6 Å². The van der Waals surface area contributed by atoms with Crippen molar-refractivity contribution >= 4 is 40.8 Å². The second kappa shape index (κ2) is 7.37. The number of nitrogens with two attached hydrogens (primary N) is 1. The topological polar surface area (TPSA) is 126 Å². The number of nitriles is 1. The third-order valence-electron chi connectivity index (χ3n) is 4.60. The van der Waals surface area contributed by atoms with Crippen LogP contribution in [0.4, 0.5) is 19.0 Å². The lowest BCUT2D eigenvalue weighted by molar-refractivity contribution is -0.137. The fourth-order valence-electron chi connectivity index (χ4n) is 3.06. The maximum Gasteiger partial charge on any atom is 0.416 e. The number of carbonyl (C=O) groups excluding carboxylic acids is 2. The summed E-state index contributed by atoms with van der Waals surface area (Å²) in [7, 11) is 0. The Balaban J connectivity index is 2.12. The molecule has 1 fully saturated rings. The molecule has 158 valence electrons. The number of amides is 2. The Morgan fingerprint density at radius 3 is 2.27 bits per heavy atom. The Kier molecular flexibility index (Phi) is 5.34. The number of nitrogen functional groups attached to an aromatic ring is 1. The van der Waals surface area contributed by atoms with E-state index in [0.717, 1.165) is 4.68 Å². The van der Waals surface area contributed by atoms with Crippen molar-refractivity contribution in [2.45, 2.75) is 31.4 Å². The van der Waals surface area contributed by atoms with Crippen molar-refractivity contribution in [1.29, 1.82) is 5.26 Å². The average molecular weight is 461 g/mol. The van der Waals surface area contributed by atoms with Crippen LogP contribution >= 0.6 is 23.2 Å². The van der Waals surface area contributed by atoms with Gasteiger partial charge in [-0.2, -0.15) is 23.5 Å². The summed E-state index contributed by atoms with van der Waals surface area (Å²) in [6.07, 6.45) is -4.04. The van der Waals surface area contributed by atoms with Gasteiger partial charge in [-0.05, 0) is 25.0 Å². The minimum atomic E-state index is -4.68. The maximum absolute atomic E-state index is 13.0. The van der Waals surface area contributed by atoms with Gasteiger partial charge in [-0.25, -0.2) is 4.68 Å². The lowest BCUT2D eigenvalue weighted by Crippen LogP contribution is -2.46. The molecular weight excluding hydrogens is 448 g/mol. The highest BCUT2D eigenvalue weighted by molar-refractivity contribution is 6.38. The number of benzene rings is 1. The SMILES string of the molecule is CC(=O)NNC(=O)C1(c2c(C#N)nn(-c3c(Cl)cc(C(F)(F)F)cc3Cl)c2N)CC1. The maximum atomic E-state index is 13.0. The Hall–Kier alpha value is -2.97. The number of nitrogens with zero attached hydrogens (tertiary/aromatic N) is 3. The Morgan fingerprint density at radius 2 is 1.83 bits per heavy atom. The number of nitrogens with one attached hydrogen (secondary N) is 2. The summed E-state index contributed by atoms with van der Waals surface area (Å²) < 4.78 is 39.9. The van der Waals surface area contributed by atoms with E-state index in [2.05, 4.69) is 16.0 Å². The fraction of sp³-hybridized carbons (Fsp3) is 0.294. The quantitative estimate of drug-likeness (QED) is 0.607. The van der Waals surface area contributed by atoms with Crippen molar-refractivity contribution in [3.63, 3.8) is 0 Å². The first kappa shape index (κ1) is 21.7. The van der Waals surface area contributed by atoms with E-state index in [-0.39, 0.29) is 22.8 Å². The molecule has 0 unspecified atom stereocenters. The zero-order chi connectivity index (χ0) is 22.4. The van der Waals surface area contributed by atoms with Crippen molar-refractivity contribution in [2.24, 2.45) is 0 Å². The number of halogens is 5. The number of rotatable bonds is 3. The van der Waals surface area contributed by atoms with E-state index in [9.17, 15) is 28.0 Å². The molecule has 0 aliphatic heterocycles. The Morgan fingerprint density at radius 1 is 1.27 bits per heavy atom. The molecule has 1 heterocycles. The molecule has 13 heteroatoms. The number of hydrogen-bond acceptors (Lipinski definition) is 5. The molecule has 1 aromatic carbocycles. The molecule has 3 rings (SSSR count). The van der Waals surface area contributed by atoms with E-state index in [1.807, 2.05) is 6.07 Å². The average Bonchev–Trinajstić information content (AvgIpc) is 3.37. The molecule has 0 spiro atoms. The van der Waals surface area contributed by atoms with Crippen molar-refractivity contribution in [2.75, 3.05) is 5.73 Å². The van der Waals surface area contributed by atoms with Gasteiger partial charge in [-0.3, -0.25) is 20.4 Å². The van der Waals surface area contributed by atoms with Crippen LogP contribution in [0.3, 0.4) is 0 Å². The normalized spacial score (nSPS) is 14.7. The van der Waals surface area contributed by atoms with Gasteiger partial charge >= 0.3 is 6.18 Å². The summed E-state index contributed by atoms with van der Waals surface area (Å²) in [5.74, 6) is -1.29. The predicted molar refractivity (Wildman–Crippen MR) is 101 cm³/mol. The molecule has 4 N–H and O–H groups in total. The van der Waals surface area contributed by atoms with Crippen LogP contribution in [0.25, 0.3) is 5.69 Å². The number of hydrogen-bond donors (Lipinski definition) is 3. The summed E-state index contributed by atoms with van der Waals surface area (Å²) in [4.78, 5) is 23.6. The zero-order valence-corrected chi connectivity index (χ0v) is 16.7. The molecule has 1 saturated carbocycles. The zero-order valence-electron chi connectivity index (χ0n) is 15.2. The first-order valence-corrected chi connectivity index (χ1v) is 9.10. The summed E-state index contributed by atoms with van der Waals surface area (Å²) >= 11 is 12.0. The summed E-state index contributed by atoms with van der Waals surface area (Å²) in [5, 5.41) is 12.7. The van der Waals surface area contributed by atoms with Gasteiger partial charge in [-0.1, -0.05) is 23.2 Å². The van der Waals surface area contributed by atoms with Crippen LogP contribution in [0, 0.1) is 11.3 Å². The molecule has 2 amide bonds. The highest BCUT2D eigenvalue weighted by atomic mass is 35.5. The van der Waals surface area contributed by atoms with Crippen LogP contribution < -0.4 is 16.6 Å². The lowest BCUT2D eigenvalue weighted by Gasteiger charge is -2.16. The van der Waals surface area contributed by atoms with Gasteiger partial charge in [0, 0.05) is 12.5 Å². The van der Waals surface area contributed by atoms with Gasteiger partial charge in [0.15, 0.2) is 5.69 Å². The van der Waals surface area contributed by atoms with Gasteiger partial charge in [0.2, 0.25) is 11.8 Å². The first-order valence-electron chi connectivity index (χ1n) is 8.35. The largest absolute Gasteiger partial charge is 0.416 e. The van der Waals surface area contributed by atoms with Gasteiger partial charge in [0.1, 0.15) is 17.6 Å². The standard InChI is InChI=1S/C17H13Cl2F3N6O2/c1-7(29)25-26-15(30)16(2-3-16)12-11(6-23)27-28(14(12)24)13-9(18)4-8(5-10(13)19)17(20,21)22/h4-5H,2-3,24H2,1H3,(H,25,29)(H,26,30). The molecule has 1 aliphatic carbocycles. The third kappa shape index (κ3) is 3.64. The van der Waals surface area contributed by atoms with Crippen LogP contribution in [0.2, 0.25) is 10.0 Å². The minimum Gasteiger partial charge on any atom is -0.383 e. The summed E-state index contributed by atoms with van der Waals surface area (Å²) in [5.41, 5.74) is 7.95. The van der Waals surface area contributed by atoms with Gasteiger partial charge in [-0.15, -0.1) is 0 Å². The molecule has 1 aliphatic rings. The highest BCUT2D eigenvalue weighted by Gasteiger charge is 2.55. The first-order chi connectivity index (χ1) is 13.9. The van der Waals surface area contributed by atoms with E-state index in [1.54, 1.807) is 0 Å². The second-order valence-electron chi connectivity index (χ2n) is 6.64. The number of aromatic nitrogens is 2. The predicted octanol–water partition coefficient (Wildman–Crippen LogP) is 2.85. The Labute approximate surface area is 177 Å². The molecular formula is C17H13Cl2F3N6O2. The molecule has 0 bridgehead atoms. The number of alkyl halides is 3. The second-order valence-corrected chi connectivity index (χ2v) is 7.45. The lowest BCUT2D eigenvalue weighted by atomic mass is 9.94. The number of carbonyl (C=O) groups is 2. The van der Waals surface area contributed by atoms with Crippen LogP contribution in [-0.2, 0) is 21.2 Å². The van der Waals surface area contributed by atoms with Gasteiger partial charge in [0.25, 0.3) is 0 Å². The molecule has 2 aromatic rings. The van der Waals surface area contributed by atoms with Crippen LogP contribution in [0.5, 0.6) is 0 Å². The van der Waals surface area contributed by atoms with Crippen molar-refractivity contribution in [3.8, 4) is 11.8 Å². The van der Waals surface area contributed by atoms with Gasteiger partial charge < -0.3 is 5.73 Å². The van der Waals surface area contributed by atoms with E-state index < -0.39 is 39.0 Å². The smallest absolute Gasteiger partial charge is 0.383 e. The van der Waals surface area contributed by atoms with Crippen molar-refractivity contribution in [1.82, 2.24) is 20.6 Å². The molecule has 0 radical (unpaired) electrons. The van der Waals surface area contributed by atoms with Crippen LogP contribution in [0.15, 0.2) is 12.1 Å². The number of hydrazine groups is 1. The highest BCUT2D eigenvalue weighted by Crippen LogP contribution is 2.52. The molecule has 0 atom stereocenters. The van der Waals surface area contributed by atoms with Crippen LogP contribution in [0.1, 0.15) is 36.6 Å². The molecule has 1 aromatic heterocycles. The van der Waals surface area contributed by atoms with E-state index in [1.165, 1.54) is 6.92 Å². The van der Waals surface area contributed by atoms with Gasteiger partial charge in [0.05, 0.1) is 21.0 Å². The Bertz CT molecular complexity index is 1080. The summed E-state index contributed by atoms with van der Waals surface area (Å²) in [6, 6.07) is 3.14. The molecule has 8 nitrogen and oxygen atoms in total. The third-order valence-corrected chi connectivity index (χ3v) is 5.17. The molecule has 30 heavy (non-hydrogen) atoms. The van der Waals surface area contributed by atoms with E-state index in [0.29, 0.717) is 25.0 Å². The fourth-order valence-corrected chi connectivity index (χ4v) is 3.71. The van der Waals surface area contributed by atoms with E-state index in [4.69, 9.17) is 28.9 Å². The van der Waals surface area contributed by atoms with Crippen molar-refractivity contribution < 1.29 is 22.8 Å². The van der Waals surface area contributed by atoms with Crippen molar-refractivity contribution in [3.05, 3.63) is 39.0 Å². The monoisotopic (exact) mass is 460 g/mol. The number of anilines is 1. The van der Waals surface area contributed by atoms with E-state index >= 15 is 0 Å². The summed E-state index contributed by atoms with van der Waals surface area (Å²) in [6.45, 7) is 1.20. The molecule has 0 saturated heterocycles. The minimum absolute atomic E-state index is 0.0832.